The summed E-state index contributed by atoms with van der Waals surface area (Å²) < 4.78 is 18.3. The fraction of sp³-hybridized carbons (Fsp3) is 0.476. The number of benzene rings is 1. The highest BCUT2D eigenvalue weighted by atomic mass is 16.5. The highest BCUT2D eigenvalue weighted by Crippen LogP contribution is 2.32. The lowest BCUT2D eigenvalue weighted by Crippen LogP contribution is -2.27. The molecule has 1 aromatic carbocycles. The number of ether oxygens (including phenoxy) is 3. The van der Waals surface area contributed by atoms with Crippen LogP contribution in [0.4, 0.5) is 0 Å². The van der Waals surface area contributed by atoms with Crippen LogP contribution in [0, 0.1) is 11.3 Å². The summed E-state index contributed by atoms with van der Waals surface area (Å²) in [5.41, 5.74) is 3.58. The number of amides is 1. The Morgan fingerprint density at radius 2 is 2.21 bits per heavy atom. The molecule has 2 atom stereocenters. The van der Waals surface area contributed by atoms with Crippen LogP contribution in [-0.2, 0) is 29.0 Å². The van der Waals surface area contributed by atoms with E-state index < -0.39 is 0 Å². The maximum Gasteiger partial charge on any atom is 0.272 e. The third-order valence-corrected chi connectivity index (χ3v) is 4.98. The normalized spacial score (nSPS) is 18.0. The topological polar surface area (TPSA) is 98.4 Å². The zero-order valence-electron chi connectivity index (χ0n) is 17.2. The molecule has 0 radical (unpaired) electrons. The van der Waals surface area contributed by atoms with Gasteiger partial charge in [-0.15, -0.1) is 0 Å². The van der Waals surface area contributed by atoms with Crippen molar-refractivity contribution in [2.45, 2.75) is 45.6 Å². The molecule has 2 aromatic rings. The van der Waals surface area contributed by atoms with Crippen LogP contribution in [0.25, 0.3) is 0 Å². The lowest BCUT2D eigenvalue weighted by Gasteiger charge is -2.27. The fourth-order valence-electron chi connectivity index (χ4n) is 3.67. The van der Waals surface area contributed by atoms with E-state index in [1.807, 2.05) is 18.5 Å². The minimum absolute atomic E-state index is 0.0164. The molecule has 8 heteroatoms. The molecule has 3 rings (SSSR count). The smallest absolute Gasteiger partial charge is 0.272 e. The van der Waals surface area contributed by atoms with E-state index in [9.17, 15) is 4.79 Å². The van der Waals surface area contributed by atoms with Crippen molar-refractivity contribution in [1.29, 1.82) is 5.26 Å². The minimum atomic E-state index is -0.245. The van der Waals surface area contributed by atoms with E-state index in [0.717, 1.165) is 16.8 Å². The fourth-order valence-corrected chi connectivity index (χ4v) is 3.67. The number of aromatic nitrogens is 2. The van der Waals surface area contributed by atoms with Gasteiger partial charge in [0.15, 0.2) is 5.69 Å². The summed E-state index contributed by atoms with van der Waals surface area (Å²) in [6.07, 6.45) is 0.510. The molecule has 0 bridgehead atoms. The Morgan fingerprint density at radius 1 is 1.41 bits per heavy atom. The zero-order chi connectivity index (χ0) is 21.0. The van der Waals surface area contributed by atoms with Gasteiger partial charge in [-0.05, 0) is 26.0 Å². The molecule has 29 heavy (non-hydrogen) atoms. The summed E-state index contributed by atoms with van der Waals surface area (Å²) in [4.78, 5) is 13.0. The van der Waals surface area contributed by atoms with Crippen molar-refractivity contribution in [3.8, 4) is 11.8 Å². The van der Waals surface area contributed by atoms with Gasteiger partial charge in [0.05, 0.1) is 49.8 Å². The molecule has 1 aliphatic rings. The van der Waals surface area contributed by atoms with E-state index in [2.05, 4.69) is 16.5 Å². The summed E-state index contributed by atoms with van der Waals surface area (Å²) in [5.74, 6) is 0.317. The predicted octanol–water partition coefficient (Wildman–Crippen LogP) is 2.36. The first-order chi connectivity index (χ1) is 14.0. The van der Waals surface area contributed by atoms with E-state index in [4.69, 9.17) is 19.5 Å². The molecule has 1 aromatic heterocycles. The predicted molar refractivity (Wildman–Crippen MR) is 106 cm³/mol. The molecule has 154 valence electrons. The van der Waals surface area contributed by atoms with Crippen LogP contribution in [0.3, 0.4) is 0 Å². The number of hydrogen-bond acceptors (Lipinski definition) is 6. The van der Waals surface area contributed by atoms with E-state index in [1.54, 1.807) is 32.4 Å². The lowest BCUT2D eigenvalue weighted by atomic mass is 9.99. The number of carbonyl (C=O) groups excluding carboxylic acids is 1. The highest BCUT2D eigenvalue weighted by molar-refractivity contribution is 5.94. The first-order valence-corrected chi connectivity index (χ1v) is 9.57. The van der Waals surface area contributed by atoms with E-state index in [1.165, 1.54) is 0 Å². The number of nitriles is 1. The van der Waals surface area contributed by atoms with Gasteiger partial charge in [0.2, 0.25) is 0 Å². The average Bonchev–Trinajstić information content (AvgIpc) is 3.08. The van der Waals surface area contributed by atoms with Crippen LogP contribution < -0.4 is 10.1 Å². The van der Waals surface area contributed by atoms with Crippen LogP contribution in [0.5, 0.6) is 5.75 Å². The van der Waals surface area contributed by atoms with Crippen LogP contribution in [0.15, 0.2) is 18.2 Å². The van der Waals surface area contributed by atoms with Crippen LogP contribution in [-0.4, -0.2) is 42.6 Å². The maximum atomic E-state index is 13.0. The minimum Gasteiger partial charge on any atom is -0.496 e. The first-order valence-electron chi connectivity index (χ1n) is 9.57. The molecule has 0 unspecified atom stereocenters. The summed E-state index contributed by atoms with van der Waals surface area (Å²) in [6, 6.07) is 7.22. The third kappa shape index (κ3) is 4.42. The molecule has 0 aliphatic carbocycles. The summed E-state index contributed by atoms with van der Waals surface area (Å²) in [6.45, 7) is 5.30. The second-order valence-electron chi connectivity index (χ2n) is 7.04. The molecule has 2 heterocycles. The van der Waals surface area contributed by atoms with Crippen molar-refractivity contribution in [2.75, 3.05) is 20.8 Å². The van der Waals surface area contributed by atoms with Crippen molar-refractivity contribution in [3.63, 3.8) is 0 Å². The summed E-state index contributed by atoms with van der Waals surface area (Å²) >= 11 is 0. The number of nitrogens with zero attached hydrogens (tertiary/aromatic N) is 3. The molecule has 0 saturated carbocycles. The Hall–Kier alpha value is -2.89. The van der Waals surface area contributed by atoms with E-state index in [-0.39, 0.29) is 24.7 Å². The Balaban J connectivity index is 1.83. The number of nitrogens with one attached hydrogen (secondary N) is 1. The molecular formula is C21H26N4O4. The Bertz CT molecular complexity index is 931. The highest BCUT2D eigenvalue weighted by Gasteiger charge is 2.32. The van der Waals surface area contributed by atoms with Gasteiger partial charge in [0.1, 0.15) is 5.75 Å². The van der Waals surface area contributed by atoms with Crippen molar-refractivity contribution in [3.05, 3.63) is 46.3 Å². The largest absolute Gasteiger partial charge is 0.496 e. The monoisotopic (exact) mass is 398 g/mol. The van der Waals surface area contributed by atoms with Crippen LogP contribution in [0.2, 0.25) is 0 Å². The first kappa shape index (κ1) is 20.8. The lowest BCUT2D eigenvalue weighted by molar-refractivity contribution is -0.0101. The number of rotatable bonds is 7. The second-order valence-corrected chi connectivity index (χ2v) is 7.04. The molecule has 0 spiro atoms. The second kappa shape index (κ2) is 9.07. The zero-order valence-corrected chi connectivity index (χ0v) is 17.2. The molecule has 8 nitrogen and oxygen atoms in total. The van der Waals surface area contributed by atoms with Gasteiger partial charge >= 0.3 is 0 Å². The quantitative estimate of drug-likeness (QED) is 0.769. The maximum absolute atomic E-state index is 13.0. The van der Waals surface area contributed by atoms with Gasteiger partial charge in [0, 0.05) is 31.2 Å². The van der Waals surface area contributed by atoms with Crippen molar-refractivity contribution in [1.82, 2.24) is 15.1 Å². The summed E-state index contributed by atoms with van der Waals surface area (Å²) in [5, 5.41) is 16.5. The molecule has 0 fully saturated rings. The van der Waals surface area contributed by atoms with Crippen molar-refractivity contribution >= 4 is 5.91 Å². The van der Waals surface area contributed by atoms with Crippen molar-refractivity contribution < 1.29 is 19.0 Å². The molecule has 1 N–H and O–H groups in total. The van der Waals surface area contributed by atoms with Gasteiger partial charge in [-0.3, -0.25) is 9.48 Å². The Morgan fingerprint density at radius 3 is 2.90 bits per heavy atom. The standard InChI is InChI=1S/C21H26N4O4/c1-13-9-17-19(24-25(7-8-27-3)20(17)14(2)29-13)21(26)23-12-16-6-5-15(11-22)10-18(16)28-4/h5-6,10,13-14H,7-9,12H2,1-4H3,(H,23,26)/t13-,14+/m1/s1. The molecule has 0 saturated heterocycles. The van der Waals surface area contributed by atoms with E-state index in [0.29, 0.717) is 36.6 Å². The number of hydrogen-bond donors (Lipinski definition) is 1. The number of fused-ring (bicyclic) bond motifs is 1. The average molecular weight is 398 g/mol. The van der Waals surface area contributed by atoms with Crippen molar-refractivity contribution in [2.24, 2.45) is 0 Å². The summed E-state index contributed by atoms with van der Waals surface area (Å²) in [7, 11) is 3.18. The molecule has 1 amide bonds. The van der Waals surface area contributed by atoms with Gasteiger partial charge < -0.3 is 19.5 Å². The Kier molecular flexibility index (Phi) is 6.52. The van der Waals surface area contributed by atoms with Gasteiger partial charge in [-0.1, -0.05) is 6.07 Å². The number of methoxy groups -OCH3 is 2. The third-order valence-electron chi connectivity index (χ3n) is 4.98. The molecule has 1 aliphatic heterocycles. The molecular weight excluding hydrogens is 372 g/mol. The van der Waals surface area contributed by atoms with E-state index >= 15 is 0 Å². The van der Waals surface area contributed by atoms with Crippen LogP contribution >= 0.6 is 0 Å². The Labute approximate surface area is 170 Å². The SMILES string of the molecule is COCCn1nc(C(=O)NCc2ccc(C#N)cc2OC)c2c1[C@H](C)O[C@H](C)C2. The number of carbonyl (C=O) groups is 1. The van der Waals surface area contributed by atoms with Crippen LogP contribution in [0.1, 0.15) is 52.8 Å². The van der Waals surface area contributed by atoms with Gasteiger partial charge in [-0.25, -0.2) is 0 Å². The van der Waals surface area contributed by atoms with Gasteiger partial charge in [-0.2, -0.15) is 10.4 Å². The van der Waals surface area contributed by atoms with Gasteiger partial charge in [0.25, 0.3) is 5.91 Å².